The van der Waals surface area contributed by atoms with Crippen molar-refractivity contribution in [2.75, 3.05) is 28.4 Å². The highest BCUT2D eigenvalue weighted by atomic mass is 16.5. The fourth-order valence-corrected chi connectivity index (χ4v) is 3.01. The Morgan fingerprint density at radius 2 is 1.12 bits per heavy atom. The summed E-state index contributed by atoms with van der Waals surface area (Å²) in [6.45, 7) is 0. The van der Waals surface area contributed by atoms with Gasteiger partial charge in [0.15, 0.2) is 23.0 Å². The van der Waals surface area contributed by atoms with Crippen LogP contribution in [0.15, 0.2) is 30.3 Å². The van der Waals surface area contributed by atoms with Gasteiger partial charge in [-0.15, -0.1) is 0 Å². The Labute approximate surface area is 145 Å². The first-order valence-electron chi connectivity index (χ1n) is 7.58. The van der Waals surface area contributed by atoms with E-state index in [9.17, 15) is 4.79 Å². The molecule has 0 saturated carbocycles. The lowest BCUT2D eigenvalue weighted by Gasteiger charge is -2.15. The van der Waals surface area contributed by atoms with Crippen molar-refractivity contribution in [2.45, 2.75) is 0 Å². The summed E-state index contributed by atoms with van der Waals surface area (Å²) in [5.41, 5.74) is 5.99. The molecule has 25 heavy (non-hydrogen) atoms. The van der Waals surface area contributed by atoms with Crippen molar-refractivity contribution in [3.05, 3.63) is 35.9 Å². The molecule has 3 rings (SSSR count). The topological polar surface area (TPSA) is 80.0 Å². The zero-order valence-electron chi connectivity index (χ0n) is 14.5. The van der Waals surface area contributed by atoms with Crippen LogP contribution in [0.4, 0.5) is 0 Å². The number of fused-ring (bicyclic) bond motifs is 3. The zero-order valence-corrected chi connectivity index (χ0v) is 14.5. The summed E-state index contributed by atoms with van der Waals surface area (Å²) in [7, 11) is 6.25. The number of rotatable bonds is 5. The number of hydrogen-bond donors (Lipinski definition) is 1. The normalized spacial score (nSPS) is 10.7. The Morgan fingerprint density at radius 3 is 1.60 bits per heavy atom. The minimum atomic E-state index is -0.520. The predicted octanol–water partition coefficient (Wildman–Crippen LogP) is 3.13. The van der Waals surface area contributed by atoms with Gasteiger partial charge in [-0.25, -0.2) is 0 Å². The molecule has 0 atom stereocenters. The highest BCUT2D eigenvalue weighted by Gasteiger charge is 2.17. The lowest BCUT2D eigenvalue weighted by molar-refractivity contribution is 0.100. The Balaban J connectivity index is 2.51. The SMILES string of the molecule is COc1cc2cc(C(N)=O)c3cc(OC)c(OC)cc3c2cc1OC. The van der Waals surface area contributed by atoms with Gasteiger partial charge in [0.1, 0.15) is 0 Å². The van der Waals surface area contributed by atoms with Crippen LogP contribution in [0, 0.1) is 0 Å². The number of carbonyl (C=O) groups excluding carboxylic acids is 1. The first-order valence-corrected chi connectivity index (χ1v) is 7.58. The fraction of sp³-hybridized carbons (Fsp3) is 0.211. The lowest BCUT2D eigenvalue weighted by atomic mass is 9.95. The molecule has 0 spiro atoms. The molecule has 2 N–H and O–H groups in total. The van der Waals surface area contributed by atoms with E-state index in [1.54, 1.807) is 40.6 Å². The van der Waals surface area contributed by atoms with Crippen LogP contribution < -0.4 is 24.7 Å². The first kappa shape index (κ1) is 16.7. The van der Waals surface area contributed by atoms with Crippen molar-refractivity contribution >= 4 is 27.5 Å². The van der Waals surface area contributed by atoms with Crippen LogP contribution in [-0.2, 0) is 0 Å². The van der Waals surface area contributed by atoms with Crippen molar-refractivity contribution < 1.29 is 23.7 Å². The van der Waals surface area contributed by atoms with Crippen molar-refractivity contribution in [3.8, 4) is 23.0 Å². The highest BCUT2D eigenvalue weighted by Crippen LogP contribution is 2.41. The van der Waals surface area contributed by atoms with Crippen molar-refractivity contribution in [1.29, 1.82) is 0 Å². The van der Waals surface area contributed by atoms with Crippen LogP contribution >= 0.6 is 0 Å². The van der Waals surface area contributed by atoms with Gasteiger partial charge < -0.3 is 24.7 Å². The smallest absolute Gasteiger partial charge is 0.249 e. The molecule has 1 amide bonds. The van der Waals surface area contributed by atoms with Gasteiger partial charge in [-0.3, -0.25) is 4.79 Å². The molecule has 0 aromatic heterocycles. The molecule has 0 radical (unpaired) electrons. The third-order valence-electron chi connectivity index (χ3n) is 4.23. The monoisotopic (exact) mass is 341 g/mol. The van der Waals surface area contributed by atoms with Gasteiger partial charge in [-0.1, -0.05) is 0 Å². The average molecular weight is 341 g/mol. The van der Waals surface area contributed by atoms with E-state index in [-0.39, 0.29) is 0 Å². The van der Waals surface area contributed by atoms with Gasteiger partial charge >= 0.3 is 0 Å². The van der Waals surface area contributed by atoms with Gasteiger partial charge in [-0.05, 0) is 51.9 Å². The van der Waals surface area contributed by atoms with E-state index in [4.69, 9.17) is 24.7 Å². The van der Waals surface area contributed by atoms with Crippen LogP contribution in [0.2, 0.25) is 0 Å². The third kappa shape index (κ3) is 2.65. The van der Waals surface area contributed by atoms with Gasteiger partial charge in [0.25, 0.3) is 0 Å². The van der Waals surface area contributed by atoms with E-state index in [1.807, 2.05) is 18.2 Å². The van der Waals surface area contributed by atoms with E-state index < -0.39 is 5.91 Å². The molecule has 0 bridgehead atoms. The second-order valence-corrected chi connectivity index (χ2v) is 5.47. The van der Waals surface area contributed by atoms with Crippen LogP contribution in [0.3, 0.4) is 0 Å². The minimum absolute atomic E-state index is 0.399. The van der Waals surface area contributed by atoms with Crippen molar-refractivity contribution in [2.24, 2.45) is 5.73 Å². The molecule has 0 aliphatic heterocycles. The molecule has 130 valence electrons. The van der Waals surface area contributed by atoms with Gasteiger partial charge in [0.05, 0.1) is 28.4 Å². The Hall–Kier alpha value is -3.15. The molecule has 0 unspecified atom stereocenters. The summed E-state index contributed by atoms with van der Waals surface area (Å²) < 4.78 is 21.5. The maximum atomic E-state index is 12.0. The molecule has 0 aliphatic rings. The summed E-state index contributed by atoms with van der Waals surface area (Å²) in [4.78, 5) is 12.0. The van der Waals surface area contributed by atoms with E-state index in [1.165, 1.54) is 0 Å². The lowest BCUT2D eigenvalue weighted by Crippen LogP contribution is -2.11. The summed E-state index contributed by atoms with van der Waals surface area (Å²) in [6.07, 6.45) is 0. The molecular formula is C19H19NO5. The summed E-state index contributed by atoms with van der Waals surface area (Å²) in [6, 6.07) is 9.01. The van der Waals surface area contributed by atoms with Crippen LogP contribution in [-0.4, -0.2) is 34.3 Å². The number of nitrogens with two attached hydrogens (primary N) is 1. The highest BCUT2D eigenvalue weighted by molar-refractivity contribution is 6.18. The van der Waals surface area contributed by atoms with E-state index in [2.05, 4.69) is 0 Å². The Morgan fingerprint density at radius 1 is 0.680 bits per heavy atom. The van der Waals surface area contributed by atoms with E-state index in [0.29, 0.717) is 33.9 Å². The Bertz CT molecular complexity index is 981. The first-order chi connectivity index (χ1) is 12.0. The number of benzene rings is 3. The second-order valence-electron chi connectivity index (χ2n) is 5.47. The van der Waals surface area contributed by atoms with E-state index >= 15 is 0 Å². The fourth-order valence-electron chi connectivity index (χ4n) is 3.01. The standard InChI is InChI=1S/C19H19NO5/c1-22-15-6-10-5-14(19(20)21)13-9-18(25-4)17(24-3)8-12(13)11(10)7-16(15)23-2/h5-9H,1-4H3,(H2,20,21). The molecule has 0 heterocycles. The molecular weight excluding hydrogens is 322 g/mol. The largest absolute Gasteiger partial charge is 0.493 e. The molecule has 0 aliphatic carbocycles. The Kier molecular flexibility index (Phi) is 4.27. The number of carbonyl (C=O) groups is 1. The molecule has 0 saturated heterocycles. The van der Waals surface area contributed by atoms with Crippen molar-refractivity contribution in [1.82, 2.24) is 0 Å². The minimum Gasteiger partial charge on any atom is -0.493 e. The second kappa shape index (κ2) is 6.39. The molecule has 3 aromatic rings. The number of ether oxygens (including phenoxy) is 4. The van der Waals surface area contributed by atoms with E-state index in [0.717, 1.165) is 16.2 Å². The summed E-state index contributed by atoms with van der Waals surface area (Å²) in [5.74, 6) is 1.74. The van der Waals surface area contributed by atoms with Crippen molar-refractivity contribution in [3.63, 3.8) is 0 Å². The van der Waals surface area contributed by atoms with Crippen LogP contribution in [0.5, 0.6) is 23.0 Å². The van der Waals surface area contributed by atoms with Gasteiger partial charge in [0, 0.05) is 5.56 Å². The third-order valence-corrected chi connectivity index (χ3v) is 4.23. The quantitative estimate of drug-likeness (QED) is 0.721. The van der Waals surface area contributed by atoms with Gasteiger partial charge in [0.2, 0.25) is 5.91 Å². The number of hydrogen-bond acceptors (Lipinski definition) is 5. The summed E-state index contributed by atoms with van der Waals surface area (Å²) in [5, 5.41) is 3.19. The predicted molar refractivity (Wildman–Crippen MR) is 96.2 cm³/mol. The maximum absolute atomic E-state index is 12.0. The molecule has 0 fully saturated rings. The number of primary amides is 1. The zero-order chi connectivity index (χ0) is 18.1. The van der Waals surface area contributed by atoms with Crippen LogP contribution in [0.1, 0.15) is 10.4 Å². The number of methoxy groups -OCH3 is 4. The van der Waals surface area contributed by atoms with Gasteiger partial charge in [-0.2, -0.15) is 0 Å². The number of amides is 1. The molecule has 6 nitrogen and oxygen atoms in total. The average Bonchev–Trinajstić information content (AvgIpc) is 2.64. The maximum Gasteiger partial charge on any atom is 0.249 e. The molecule has 3 aromatic carbocycles. The molecule has 6 heteroatoms. The van der Waals surface area contributed by atoms with Crippen LogP contribution in [0.25, 0.3) is 21.5 Å². The summed E-state index contributed by atoms with van der Waals surface area (Å²) >= 11 is 0.